The highest BCUT2D eigenvalue weighted by Crippen LogP contribution is 2.17. The molecular formula is C11H18N4S. The van der Waals surface area contributed by atoms with E-state index in [0.717, 1.165) is 10.7 Å². The van der Waals surface area contributed by atoms with E-state index >= 15 is 0 Å². The van der Waals surface area contributed by atoms with Crippen LogP contribution in [-0.2, 0) is 6.54 Å². The number of aromatic nitrogens is 1. The monoisotopic (exact) mass is 238 g/mol. The Balaban J connectivity index is 1.81. The Bertz CT molecular complexity index is 366. The smallest absolute Gasteiger partial charge is 0.189 e. The molecule has 0 unspecified atom stereocenters. The lowest BCUT2D eigenvalue weighted by Gasteiger charge is -2.11. The SMILES string of the molecule is Cc1nc(CN=C(N)NC2CCCC2)cs1. The van der Waals surface area contributed by atoms with Gasteiger partial charge in [0.1, 0.15) is 0 Å². The first-order valence-corrected chi connectivity index (χ1v) is 6.59. The number of hydrogen-bond acceptors (Lipinski definition) is 3. The molecule has 1 aromatic rings. The van der Waals surface area contributed by atoms with E-state index in [1.807, 2.05) is 12.3 Å². The molecule has 1 heterocycles. The minimum atomic E-state index is 0.529. The van der Waals surface area contributed by atoms with Gasteiger partial charge in [0.2, 0.25) is 0 Å². The van der Waals surface area contributed by atoms with E-state index in [4.69, 9.17) is 5.73 Å². The Hall–Kier alpha value is -1.10. The molecule has 1 aliphatic carbocycles. The topological polar surface area (TPSA) is 63.3 Å². The van der Waals surface area contributed by atoms with Crippen LogP contribution in [0.25, 0.3) is 0 Å². The fourth-order valence-electron chi connectivity index (χ4n) is 1.97. The molecule has 0 radical (unpaired) electrons. The Morgan fingerprint density at radius 3 is 3.00 bits per heavy atom. The average Bonchev–Trinajstić information content (AvgIpc) is 2.87. The van der Waals surface area contributed by atoms with Crippen molar-refractivity contribution in [3.8, 4) is 0 Å². The molecule has 0 spiro atoms. The van der Waals surface area contributed by atoms with Crippen molar-refractivity contribution < 1.29 is 0 Å². The first kappa shape index (κ1) is 11.4. The van der Waals surface area contributed by atoms with E-state index < -0.39 is 0 Å². The van der Waals surface area contributed by atoms with Crippen molar-refractivity contribution in [1.82, 2.24) is 10.3 Å². The maximum Gasteiger partial charge on any atom is 0.189 e. The van der Waals surface area contributed by atoms with Gasteiger partial charge in [-0.1, -0.05) is 12.8 Å². The van der Waals surface area contributed by atoms with Crippen molar-refractivity contribution in [2.45, 2.75) is 45.2 Å². The molecule has 5 heteroatoms. The van der Waals surface area contributed by atoms with Gasteiger partial charge in [-0.2, -0.15) is 0 Å². The Kier molecular flexibility index (Phi) is 3.77. The summed E-state index contributed by atoms with van der Waals surface area (Å²) in [6.45, 7) is 2.58. The summed E-state index contributed by atoms with van der Waals surface area (Å²) in [6, 6.07) is 0.529. The second-order valence-electron chi connectivity index (χ2n) is 4.19. The van der Waals surface area contributed by atoms with Gasteiger partial charge >= 0.3 is 0 Å². The van der Waals surface area contributed by atoms with Crippen LogP contribution in [0.15, 0.2) is 10.4 Å². The van der Waals surface area contributed by atoms with E-state index in [9.17, 15) is 0 Å². The van der Waals surface area contributed by atoms with Gasteiger partial charge in [-0.25, -0.2) is 9.98 Å². The van der Waals surface area contributed by atoms with Crippen LogP contribution >= 0.6 is 11.3 Å². The predicted octanol–water partition coefficient (Wildman–Crippen LogP) is 1.80. The Morgan fingerprint density at radius 2 is 2.38 bits per heavy atom. The summed E-state index contributed by atoms with van der Waals surface area (Å²) in [7, 11) is 0. The molecule has 16 heavy (non-hydrogen) atoms. The average molecular weight is 238 g/mol. The molecule has 2 rings (SSSR count). The maximum atomic E-state index is 5.82. The summed E-state index contributed by atoms with van der Waals surface area (Å²) >= 11 is 1.65. The van der Waals surface area contributed by atoms with Crippen molar-refractivity contribution in [2.75, 3.05) is 0 Å². The summed E-state index contributed by atoms with van der Waals surface area (Å²) in [6.07, 6.45) is 5.03. The van der Waals surface area contributed by atoms with E-state index in [-0.39, 0.29) is 0 Å². The van der Waals surface area contributed by atoms with Crippen molar-refractivity contribution in [3.63, 3.8) is 0 Å². The molecule has 1 fully saturated rings. The zero-order chi connectivity index (χ0) is 11.4. The van der Waals surface area contributed by atoms with Crippen LogP contribution in [0.3, 0.4) is 0 Å². The molecule has 88 valence electrons. The number of aryl methyl sites for hydroxylation is 1. The highest BCUT2D eigenvalue weighted by atomic mass is 32.1. The molecule has 0 atom stereocenters. The molecule has 1 aromatic heterocycles. The number of nitrogens with two attached hydrogens (primary N) is 1. The number of nitrogens with zero attached hydrogens (tertiary/aromatic N) is 2. The van der Waals surface area contributed by atoms with E-state index in [0.29, 0.717) is 18.5 Å². The second kappa shape index (κ2) is 5.30. The zero-order valence-electron chi connectivity index (χ0n) is 9.57. The minimum Gasteiger partial charge on any atom is -0.370 e. The number of aliphatic imine (C=N–C) groups is 1. The van der Waals surface area contributed by atoms with E-state index in [1.54, 1.807) is 11.3 Å². The van der Waals surface area contributed by atoms with Gasteiger partial charge in [0.05, 0.1) is 17.2 Å². The molecule has 1 aliphatic rings. The van der Waals surface area contributed by atoms with Gasteiger partial charge in [-0.3, -0.25) is 0 Å². The molecule has 0 bridgehead atoms. The summed E-state index contributed by atoms with van der Waals surface area (Å²) in [5, 5.41) is 6.37. The predicted molar refractivity (Wildman–Crippen MR) is 67.6 cm³/mol. The molecular weight excluding hydrogens is 220 g/mol. The van der Waals surface area contributed by atoms with Gasteiger partial charge in [0.15, 0.2) is 5.96 Å². The first-order valence-electron chi connectivity index (χ1n) is 5.71. The Morgan fingerprint density at radius 1 is 1.62 bits per heavy atom. The van der Waals surface area contributed by atoms with Gasteiger partial charge < -0.3 is 11.1 Å². The number of thiazole rings is 1. The van der Waals surface area contributed by atoms with Crippen molar-refractivity contribution in [3.05, 3.63) is 16.1 Å². The minimum absolute atomic E-state index is 0.529. The molecule has 4 nitrogen and oxygen atoms in total. The van der Waals surface area contributed by atoms with Crippen LogP contribution in [0.1, 0.15) is 36.4 Å². The van der Waals surface area contributed by atoms with Crippen LogP contribution < -0.4 is 11.1 Å². The van der Waals surface area contributed by atoms with Crippen LogP contribution in [0, 0.1) is 6.92 Å². The van der Waals surface area contributed by atoms with Crippen LogP contribution in [-0.4, -0.2) is 17.0 Å². The third-order valence-corrected chi connectivity index (χ3v) is 3.61. The molecule has 1 saturated carbocycles. The second-order valence-corrected chi connectivity index (χ2v) is 5.25. The van der Waals surface area contributed by atoms with Crippen LogP contribution in [0.4, 0.5) is 0 Å². The largest absolute Gasteiger partial charge is 0.370 e. The third-order valence-electron chi connectivity index (χ3n) is 2.79. The van der Waals surface area contributed by atoms with Crippen molar-refractivity contribution in [1.29, 1.82) is 0 Å². The molecule has 3 N–H and O–H groups in total. The van der Waals surface area contributed by atoms with E-state index in [1.165, 1.54) is 25.7 Å². The highest BCUT2D eigenvalue weighted by molar-refractivity contribution is 7.09. The lowest BCUT2D eigenvalue weighted by atomic mass is 10.2. The number of hydrogen-bond donors (Lipinski definition) is 2. The fraction of sp³-hybridized carbons (Fsp3) is 0.636. The summed E-state index contributed by atoms with van der Waals surface area (Å²) in [4.78, 5) is 8.64. The van der Waals surface area contributed by atoms with Crippen LogP contribution in [0.2, 0.25) is 0 Å². The third kappa shape index (κ3) is 3.20. The molecule has 0 aliphatic heterocycles. The van der Waals surface area contributed by atoms with Crippen LogP contribution in [0.5, 0.6) is 0 Å². The van der Waals surface area contributed by atoms with Gasteiger partial charge in [0.25, 0.3) is 0 Å². The normalized spacial score (nSPS) is 17.9. The Labute approximate surface area is 100.0 Å². The zero-order valence-corrected chi connectivity index (χ0v) is 10.4. The van der Waals surface area contributed by atoms with Crippen molar-refractivity contribution in [2.24, 2.45) is 10.7 Å². The van der Waals surface area contributed by atoms with Gasteiger partial charge in [-0.05, 0) is 19.8 Å². The van der Waals surface area contributed by atoms with Gasteiger partial charge in [-0.15, -0.1) is 11.3 Å². The fourth-order valence-corrected chi connectivity index (χ4v) is 2.58. The maximum absolute atomic E-state index is 5.82. The molecule has 0 amide bonds. The standard InChI is InChI=1S/C11H18N4S/c1-8-14-10(7-16-8)6-13-11(12)15-9-4-2-3-5-9/h7,9H,2-6H2,1H3,(H3,12,13,15). The summed E-state index contributed by atoms with van der Waals surface area (Å²) in [5.41, 5.74) is 6.82. The van der Waals surface area contributed by atoms with Crippen molar-refractivity contribution >= 4 is 17.3 Å². The summed E-state index contributed by atoms with van der Waals surface area (Å²) < 4.78 is 0. The number of guanidine groups is 1. The molecule has 0 aromatic carbocycles. The first-order chi connectivity index (χ1) is 7.74. The van der Waals surface area contributed by atoms with Gasteiger partial charge in [0, 0.05) is 11.4 Å². The quantitative estimate of drug-likeness (QED) is 0.623. The molecule has 0 saturated heterocycles. The highest BCUT2D eigenvalue weighted by Gasteiger charge is 2.14. The number of rotatable bonds is 3. The summed E-state index contributed by atoms with van der Waals surface area (Å²) in [5.74, 6) is 0.553. The lowest BCUT2D eigenvalue weighted by Crippen LogP contribution is -2.38. The lowest BCUT2D eigenvalue weighted by molar-refractivity contribution is 0.625. The van der Waals surface area contributed by atoms with E-state index in [2.05, 4.69) is 15.3 Å². The number of nitrogens with one attached hydrogen (secondary N) is 1.